The van der Waals surface area contributed by atoms with Crippen molar-refractivity contribution in [3.8, 4) is 0 Å². The Labute approximate surface area is 140 Å². The summed E-state index contributed by atoms with van der Waals surface area (Å²) in [7, 11) is -4.06. The van der Waals surface area contributed by atoms with E-state index in [4.69, 9.17) is 4.74 Å². The summed E-state index contributed by atoms with van der Waals surface area (Å²) in [5, 5.41) is 0. The minimum absolute atomic E-state index is 0.131. The van der Waals surface area contributed by atoms with Gasteiger partial charge in [0.05, 0.1) is 11.5 Å². The number of sulfonamides is 1. The predicted molar refractivity (Wildman–Crippen MR) is 87.3 cm³/mol. The number of hydrogen-bond acceptors (Lipinski definition) is 4. The number of benzene rings is 2. The van der Waals surface area contributed by atoms with Gasteiger partial charge in [0, 0.05) is 0 Å². The van der Waals surface area contributed by atoms with Gasteiger partial charge in [0.2, 0.25) is 10.0 Å². The van der Waals surface area contributed by atoms with Crippen molar-refractivity contribution in [2.45, 2.75) is 24.3 Å². The fourth-order valence-electron chi connectivity index (χ4n) is 2.16. The lowest BCUT2D eigenvalue weighted by atomic mass is 10.1. The van der Waals surface area contributed by atoms with Gasteiger partial charge in [0.1, 0.15) is 11.9 Å². The molecule has 1 atom stereocenters. The SMILES string of the molecule is CCOC(=O)C(Cc1ccccc1)NS(=O)(=O)c1cccc(F)c1. The molecule has 0 saturated carbocycles. The van der Waals surface area contributed by atoms with Gasteiger partial charge < -0.3 is 4.74 Å². The molecular formula is C17H18FNO4S. The van der Waals surface area contributed by atoms with Crippen molar-refractivity contribution in [1.82, 2.24) is 4.72 Å². The molecule has 2 aromatic rings. The molecule has 0 heterocycles. The highest BCUT2D eigenvalue weighted by atomic mass is 32.2. The third-order valence-corrected chi connectivity index (χ3v) is 4.73. The number of carbonyl (C=O) groups excluding carboxylic acids is 1. The topological polar surface area (TPSA) is 72.5 Å². The predicted octanol–water partition coefficient (Wildman–Crippen LogP) is 2.28. The summed E-state index contributed by atoms with van der Waals surface area (Å²) in [5.41, 5.74) is 0.775. The van der Waals surface area contributed by atoms with Crippen LogP contribution in [0.5, 0.6) is 0 Å². The van der Waals surface area contributed by atoms with E-state index in [9.17, 15) is 17.6 Å². The van der Waals surface area contributed by atoms with Crippen molar-refractivity contribution < 1.29 is 22.3 Å². The van der Waals surface area contributed by atoms with E-state index in [1.165, 1.54) is 12.1 Å². The van der Waals surface area contributed by atoms with Gasteiger partial charge in [-0.1, -0.05) is 36.4 Å². The molecule has 0 saturated heterocycles. The van der Waals surface area contributed by atoms with Crippen LogP contribution < -0.4 is 4.72 Å². The average molecular weight is 351 g/mol. The Balaban J connectivity index is 2.25. The standard InChI is InChI=1S/C17H18FNO4S/c1-2-23-17(20)16(11-13-7-4-3-5-8-13)19-24(21,22)15-10-6-9-14(18)12-15/h3-10,12,16,19H,2,11H2,1H3. The number of nitrogens with one attached hydrogen (secondary N) is 1. The summed E-state index contributed by atoms with van der Waals surface area (Å²) in [6.07, 6.45) is 0.133. The van der Waals surface area contributed by atoms with Crippen LogP contribution in [-0.2, 0) is 26.0 Å². The van der Waals surface area contributed by atoms with Crippen LogP contribution in [0.25, 0.3) is 0 Å². The van der Waals surface area contributed by atoms with E-state index in [1.54, 1.807) is 31.2 Å². The molecule has 1 N–H and O–H groups in total. The van der Waals surface area contributed by atoms with Gasteiger partial charge in [0.15, 0.2) is 0 Å². The minimum Gasteiger partial charge on any atom is -0.465 e. The largest absolute Gasteiger partial charge is 0.465 e. The molecule has 0 aliphatic rings. The van der Waals surface area contributed by atoms with Crippen LogP contribution >= 0.6 is 0 Å². The second kappa shape index (κ2) is 8.03. The fraction of sp³-hybridized carbons (Fsp3) is 0.235. The minimum atomic E-state index is -4.06. The third kappa shape index (κ3) is 4.87. The van der Waals surface area contributed by atoms with E-state index < -0.39 is 27.9 Å². The Morgan fingerprint density at radius 3 is 2.50 bits per heavy atom. The normalized spacial score (nSPS) is 12.6. The van der Waals surface area contributed by atoms with Crippen LogP contribution in [0.2, 0.25) is 0 Å². The average Bonchev–Trinajstić information content (AvgIpc) is 2.55. The van der Waals surface area contributed by atoms with Crippen molar-refractivity contribution in [2.75, 3.05) is 6.61 Å². The lowest BCUT2D eigenvalue weighted by molar-refractivity contribution is -0.145. The first-order valence-corrected chi connectivity index (χ1v) is 8.89. The lowest BCUT2D eigenvalue weighted by Crippen LogP contribution is -2.43. The zero-order chi connectivity index (χ0) is 17.6. The van der Waals surface area contributed by atoms with Crippen molar-refractivity contribution in [3.63, 3.8) is 0 Å². The fourth-order valence-corrected chi connectivity index (χ4v) is 3.37. The van der Waals surface area contributed by atoms with Crippen molar-refractivity contribution in [1.29, 1.82) is 0 Å². The van der Waals surface area contributed by atoms with Gasteiger partial charge in [-0.25, -0.2) is 12.8 Å². The smallest absolute Gasteiger partial charge is 0.324 e. The van der Waals surface area contributed by atoms with Gasteiger partial charge in [-0.2, -0.15) is 4.72 Å². The molecular weight excluding hydrogens is 333 g/mol. The van der Waals surface area contributed by atoms with E-state index >= 15 is 0 Å². The van der Waals surface area contributed by atoms with Crippen LogP contribution in [0.1, 0.15) is 12.5 Å². The second-order valence-corrected chi connectivity index (χ2v) is 6.79. The molecule has 0 aromatic heterocycles. The monoisotopic (exact) mass is 351 g/mol. The maximum absolute atomic E-state index is 13.3. The highest BCUT2D eigenvalue weighted by molar-refractivity contribution is 7.89. The first kappa shape index (κ1) is 18.1. The van der Waals surface area contributed by atoms with Crippen LogP contribution in [0.15, 0.2) is 59.5 Å². The van der Waals surface area contributed by atoms with Crippen LogP contribution in [0.4, 0.5) is 4.39 Å². The summed E-state index contributed by atoms with van der Waals surface area (Å²) < 4.78 is 45.3. The molecule has 0 amide bonds. The number of carbonyl (C=O) groups is 1. The van der Waals surface area contributed by atoms with Gasteiger partial charge in [-0.15, -0.1) is 0 Å². The summed E-state index contributed by atoms with van der Waals surface area (Å²) in [4.78, 5) is 11.9. The van der Waals surface area contributed by atoms with Gasteiger partial charge in [0.25, 0.3) is 0 Å². The van der Waals surface area contributed by atoms with E-state index in [0.29, 0.717) is 0 Å². The number of ether oxygens (including phenoxy) is 1. The second-order valence-electron chi connectivity index (χ2n) is 5.07. The van der Waals surface area contributed by atoms with E-state index in [1.807, 2.05) is 6.07 Å². The lowest BCUT2D eigenvalue weighted by Gasteiger charge is -2.17. The third-order valence-electron chi connectivity index (χ3n) is 3.26. The molecule has 0 bridgehead atoms. The van der Waals surface area contributed by atoms with E-state index in [2.05, 4.69) is 4.72 Å². The van der Waals surface area contributed by atoms with Crippen LogP contribution in [0.3, 0.4) is 0 Å². The summed E-state index contributed by atoms with van der Waals surface area (Å²) in [6.45, 7) is 1.77. The Morgan fingerprint density at radius 1 is 1.17 bits per heavy atom. The molecule has 5 nitrogen and oxygen atoms in total. The Morgan fingerprint density at radius 2 is 1.88 bits per heavy atom. The van der Waals surface area contributed by atoms with Gasteiger partial charge in [-0.05, 0) is 37.1 Å². The summed E-state index contributed by atoms with van der Waals surface area (Å²) in [6, 6.07) is 12.5. The molecule has 1 unspecified atom stereocenters. The highest BCUT2D eigenvalue weighted by Crippen LogP contribution is 2.13. The molecule has 0 aliphatic carbocycles. The molecule has 0 spiro atoms. The first-order valence-electron chi connectivity index (χ1n) is 7.41. The summed E-state index contributed by atoms with van der Waals surface area (Å²) in [5.74, 6) is -1.35. The van der Waals surface area contributed by atoms with Crippen LogP contribution in [-0.4, -0.2) is 27.0 Å². The van der Waals surface area contributed by atoms with Crippen molar-refractivity contribution in [3.05, 3.63) is 66.0 Å². The molecule has 7 heteroatoms. The Hall–Kier alpha value is -2.25. The molecule has 24 heavy (non-hydrogen) atoms. The molecule has 0 fully saturated rings. The van der Waals surface area contributed by atoms with Gasteiger partial charge in [-0.3, -0.25) is 4.79 Å². The van der Waals surface area contributed by atoms with Gasteiger partial charge >= 0.3 is 5.97 Å². The van der Waals surface area contributed by atoms with Crippen molar-refractivity contribution >= 4 is 16.0 Å². The zero-order valence-corrected chi connectivity index (χ0v) is 13.9. The van der Waals surface area contributed by atoms with E-state index in [-0.39, 0.29) is 17.9 Å². The number of hydrogen-bond donors (Lipinski definition) is 1. The zero-order valence-electron chi connectivity index (χ0n) is 13.1. The molecule has 2 aromatic carbocycles. The van der Waals surface area contributed by atoms with E-state index in [0.717, 1.165) is 17.7 Å². The quantitative estimate of drug-likeness (QED) is 0.777. The molecule has 128 valence electrons. The number of halogens is 1. The molecule has 0 radical (unpaired) electrons. The maximum Gasteiger partial charge on any atom is 0.324 e. The first-order chi connectivity index (χ1) is 11.4. The highest BCUT2D eigenvalue weighted by Gasteiger charge is 2.27. The summed E-state index contributed by atoms with van der Waals surface area (Å²) >= 11 is 0. The number of esters is 1. The maximum atomic E-state index is 13.3. The van der Waals surface area contributed by atoms with Crippen molar-refractivity contribution in [2.24, 2.45) is 0 Å². The van der Waals surface area contributed by atoms with Crippen LogP contribution in [0, 0.1) is 5.82 Å². The molecule has 0 aliphatic heterocycles. The Bertz CT molecular complexity index is 793. The molecule has 2 rings (SSSR count). The number of rotatable bonds is 7. The Kier molecular flexibility index (Phi) is 6.05.